The van der Waals surface area contributed by atoms with Gasteiger partial charge in [-0.1, -0.05) is 6.92 Å². The first kappa shape index (κ1) is 14.0. The van der Waals surface area contributed by atoms with Gasteiger partial charge >= 0.3 is 0 Å². The van der Waals surface area contributed by atoms with Gasteiger partial charge in [0.25, 0.3) is 0 Å². The first-order valence-corrected chi connectivity index (χ1v) is 8.48. The summed E-state index contributed by atoms with van der Waals surface area (Å²) in [5.74, 6) is 0.640. The van der Waals surface area contributed by atoms with Gasteiger partial charge in [-0.2, -0.15) is 0 Å². The molecule has 0 aliphatic heterocycles. The van der Waals surface area contributed by atoms with Gasteiger partial charge in [0.05, 0.1) is 4.90 Å². The van der Waals surface area contributed by atoms with E-state index in [4.69, 9.17) is 0 Å². The maximum Gasteiger partial charge on any atom is 0.241 e. The average molecular weight is 288 g/mol. The van der Waals surface area contributed by atoms with Crippen LogP contribution in [-0.4, -0.2) is 21.5 Å². The van der Waals surface area contributed by atoms with Crippen LogP contribution in [0.4, 0.5) is 0 Å². The molecule has 0 bridgehead atoms. The molecule has 0 atom stereocenters. The van der Waals surface area contributed by atoms with E-state index in [-0.39, 0.29) is 6.04 Å². The van der Waals surface area contributed by atoms with Gasteiger partial charge in [0, 0.05) is 22.3 Å². The quantitative estimate of drug-likeness (QED) is 0.869. The Labute approximate surface area is 113 Å². The second kappa shape index (κ2) is 5.28. The number of hydrogen-bond donors (Lipinski definition) is 2. The molecule has 2 rings (SSSR count). The lowest BCUT2D eigenvalue weighted by Crippen LogP contribution is -2.43. The van der Waals surface area contributed by atoms with Crippen LogP contribution < -0.4 is 10.0 Å². The van der Waals surface area contributed by atoms with E-state index in [1.54, 1.807) is 6.07 Å². The van der Waals surface area contributed by atoms with Crippen LogP contribution >= 0.6 is 11.3 Å². The Morgan fingerprint density at radius 1 is 1.44 bits per heavy atom. The van der Waals surface area contributed by atoms with Gasteiger partial charge in [-0.25, -0.2) is 13.1 Å². The Kier molecular flexibility index (Phi) is 4.11. The Hall–Kier alpha value is -0.430. The van der Waals surface area contributed by atoms with Gasteiger partial charge in [-0.05, 0) is 38.8 Å². The monoisotopic (exact) mass is 288 g/mol. The summed E-state index contributed by atoms with van der Waals surface area (Å²) in [6.07, 6.45) is 1.90. The van der Waals surface area contributed by atoms with Crippen LogP contribution in [0, 0.1) is 12.8 Å². The van der Waals surface area contributed by atoms with Gasteiger partial charge < -0.3 is 5.32 Å². The van der Waals surface area contributed by atoms with Gasteiger partial charge in [-0.15, -0.1) is 11.3 Å². The number of sulfonamides is 1. The van der Waals surface area contributed by atoms with Crippen molar-refractivity contribution in [3.63, 3.8) is 0 Å². The zero-order valence-corrected chi connectivity index (χ0v) is 12.6. The SMILES string of the molecule is CNCc1cc(S(=O)(=O)NC2CC(C)C2)c(C)s1. The van der Waals surface area contributed by atoms with E-state index in [1.807, 2.05) is 14.0 Å². The highest BCUT2D eigenvalue weighted by atomic mass is 32.2. The fourth-order valence-electron chi connectivity index (χ4n) is 2.33. The highest BCUT2D eigenvalue weighted by Gasteiger charge is 2.31. The zero-order valence-electron chi connectivity index (χ0n) is 11.0. The van der Waals surface area contributed by atoms with E-state index >= 15 is 0 Å². The summed E-state index contributed by atoms with van der Waals surface area (Å²) in [5.41, 5.74) is 0. The molecular weight excluding hydrogens is 268 g/mol. The van der Waals surface area contributed by atoms with Crippen LogP contribution in [0.1, 0.15) is 29.5 Å². The highest BCUT2D eigenvalue weighted by Crippen LogP contribution is 2.30. The molecule has 0 radical (unpaired) electrons. The predicted octanol–water partition coefficient (Wildman–Crippen LogP) is 1.85. The molecule has 0 spiro atoms. The molecule has 1 heterocycles. The molecule has 4 nitrogen and oxygen atoms in total. The van der Waals surface area contributed by atoms with E-state index in [0.717, 1.165) is 22.6 Å². The largest absolute Gasteiger partial charge is 0.315 e. The summed E-state index contributed by atoms with van der Waals surface area (Å²) in [6.45, 7) is 4.72. The summed E-state index contributed by atoms with van der Waals surface area (Å²) in [6, 6.07) is 1.90. The van der Waals surface area contributed by atoms with E-state index in [2.05, 4.69) is 17.0 Å². The lowest BCUT2D eigenvalue weighted by atomic mass is 9.83. The first-order valence-electron chi connectivity index (χ1n) is 6.18. The molecule has 1 saturated carbocycles. The number of rotatable bonds is 5. The van der Waals surface area contributed by atoms with Gasteiger partial charge in [0.15, 0.2) is 0 Å². The second-order valence-corrected chi connectivity index (χ2v) is 8.08. The third kappa shape index (κ3) is 2.93. The van der Waals surface area contributed by atoms with Crippen LogP contribution in [0.25, 0.3) is 0 Å². The molecule has 0 saturated heterocycles. The van der Waals surface area contributed by atoms with Crippen molar-refractivity contribution >= 4 is 21.4 Å². The van der Waals surface area contributed by atoms with Crippen molar-refractivity contribution in [3.05, 3.63) is 15.8 Å². The number of aryl methyl sites for hydroxylation is 1. The minimum Gasteiger partial charge on any atom is -0.315 e. The van der Waals surface area contributed by atoms with Crippen molar-refractivity contribution in [1.29, 1.82) is 0 Å². The molecule has 0 aromatic carbocycles. The van der Waals surface area contributed by atoms with Crippen molar-refractivity contribution in [3.8, 4) is 0 Å². The van der Waals surface area contributed by atoms with Crippen molar-refractivity contribution in [1.82, 2.24) is 10.0 Å². The topological polar surface area (TPSA) is 58.2 Å². The molecule has 0 amide bonds. The average Bonchev–Trinajstić information content (AvgIpc) is 2.58. The molecule has 1 fully saturated rings. The summed E-state index contributed by atoms with van der Waals surface area (Å²) in [5, 5.41) is 3.04. The summed E-state index contributed by atoms with van der Waals surface area (Å²) >= 11 is 1.54. The predicted molar refractivity (Wildman–Crippen MR) is 74.3 cm³/mol. The third-order valence-electron chi connectivity index (χ3n) is 3.26. The molecular formula is C12H20N2O2S2. The number of hydrogen-bond acceptors (Lipinski definition) is 4. The third-order valence-corrected chi connectivity index (χ3v) is 6.09. The summed E-state index contributed by atoms with van der Waals surface area (Å²) in [7, 11) is -1.48. The molecule has 6 heteroatoms. The fourth-order valence-corrected chi connectivity index (χ4v) is 5.24. The minimum absolute atomic E-state index is 0.122. The van der Waals surface area contributed by atoms with E-state index in [0.29, 0.717) is 17.4 Å². The van der Waals surface area contributed by atoms with Crippen LogP contribution in [0.15, 0.2) is 11.0 Å². The van der Waals surface area contributed by atoms with Crippen LogP contribution in [0.3, 0.4) is 0 Å². The smallest absolute Gasteiger partial charge is 0.241 e. The molecule has 18 heavy (non-hydrogen) atoms. The molecule has 1 aromatic heterocycles. The van der Waals surface area contributed by atoms with Crippen molar-refractivity contribution in [2.75, 3.05) is 7.05 Å². The molecule has 1 aromatic rings. The van der Waals surface area contributed by atoms with E-state index in [9.17, 15) is 8.42 Å². The normalized spacial score (nSPS) is 23.9. The molecule has 1 aliphatic carbocycles. The summed E-state index contributed by atoms with van der Waals surface area (Å²) < 4.78 is 27.3. The Morgan fingerprint density at radius 2 is 2.11 bits per heavy atom. The Morgan fingerprint density at radius 3 is 2.67 bits per heavy atom. The van der Waals surface area contributed by atoms with Crippen molar-refractivity contribution in [2.45, 2.75) is 44.2 Å². The number of nitrogens with one attached hydrogen (secondary N) is 2. The zero-order chi connectivity index (χ0) is 13.3. The lowest BCUT2D eigenvalue weighted by molar-refractivity contribution is 0.270. The Balaban J connectivity index is 2.13. The van der Waals surface area contributed by atoms with E-state index < -0.39 is 10.0 Å². The summed E-state index contributed by atoms with van der Waals surface area (Å²) in [4.78, 5) is 2.36. The molecule has 102 valence electrons. The highest BCUT2D eigenvalue weighted by molar-refractivity contribution is 7.89. The minimum atomic E-state index is -3.34. The maximum absolute atomic E-state index is 12.3. The number of thiophene rings is 1. The first-order chi connectivity index (χ1) is 8.42. The van der Waals surface area contributed by atoms with Crippen LogP contribution in [0.2, 0.25) is 0 Å². The van der Waals surface area contributed by atoms with Crippen LogP contribution in [0.5, 0.6) is 0 Å². The van der Waals surface area contributed by atoms with Gasteiger partial charge in [0.1, 0.15) is 0 Å². The lowest BCUT2D eigenvalue weighted by Gasteiger charge is -2.32. The van der Waals surface area contributed by atoms with Crippen molar-refractivity contribution in [2.24, 2.45) is 5.92 Å². The maximum atomic E-state index is 12.3. The van der Waals surface area contributed by atoms with Crippen LogP contribution in [-0.2, 0) is 16.6 Å². The van der Waals surface area contributed by atoms with E-state index in [1.165, 1.54) is 11.3 Å². The fraction of sp³-hybridized carbons (Fsp3) is 0.667. The van der Waals surface area contributed by atoms with Gasteiger partial charge in [-0.3, -0.25) is 0 Å². The molecule has 2 N–H and O–H groups in total. The molecule has 1 aliphatic rings. The molecule has 0 unspecified atom stereocenters. The standard InChI is InChI=1S/C12H20N2O2S2/c1-8-4-10(5-8)14-18(15,16)12-6-11(7-13-3)17-9(12)2/h6,8,10,13-14H,4-5,7H2,1-3H3. The Bertz CT molecular complexity index is 516. The van der Waals surface area contributed by atoms with Crippen molar-refractivity contribution < 1.29 is 8.42 Å². The van der Waals surface area contributed by atoms with Gasteiger partial charge in [0.2, 0.25) is 10.0 Å². The second-order valence-electron chi connectivity index (χ2n) is 5.06.